The summed E-state index contributed by atoms with van der Waals surface area (Å²) in [7, 11) is 0. The van der Waals surface area contributed by atoms with Crippen molar-refractivity contribution in [2.24, 2.45) is 0 Å². The highest BCUT2D eigenvalue weighted by Crippen LogP contribution is 2.37. The molecular formula is C60H49BrN4. The number of hydrogen-bond donors (Lipinski definition) is 2. The molecule has 0 aromatic heterocycles. The third-order valence-electron chi connectivity index (χ3n) is 10.5. The first-order chi connectivity index (χ1) is 32.1. The molecule has 10 aromatic carbocycles. The summed E-state index contributed by atoms with van der Waals surface area (Å²) < 4.78 is 1.08. The molecule has 0 unspecified atom stereocenters. The van der Waals surface area contributed by atoms with Gasteiger partial charge in [-0.15, -0.1) is 0 Å². The second kappa shape index (κ2) is 22.3. The van der Waals surface area contributed by atoms with Gasteiger partial charge in [-0.1, -0.05) is 186 Å². The zero-order chi connectivity index (χ0) is 44.5. The van der Waals surface area contributed by atoms with Crippen LogP contribution in [0.1, 0.15) is 0 Å². The molecular weight excluding hydrogens is 857 g/mol. The van der Waals surface area contributed by atoms with Crippen molar-refractivity contribution < 1.29 is 0 Å². The first-order valence-corrected chi connectivity index (χ1v) is 22.4. The van der Waals surface area contributed by atoms with E-state index >= 15 is 0 Å². The molecule has 0 atom stereocenters. The average molecular weight is 906 g/mol. The van der Waals surface area contributed by atoms with E-state index in [4.69, 9.17) is 5.73 Å². The number of anilines is 9. The highest BCUT2D eigenvalue weighted by molar-refractivity contribution is 9.10. The molecule has 0 spiro atoms. The summed E-state index contributed by atoms with van der Waals surface area (Å²) in [5.74, 6) is 0. The minimum Gasteiger partial charge on any atom is -0.399 e. The summed E-state index contributed by atoms with van der Waals surface area (Å²) in [6, 6.07) is 95.7. The topological polar surface area (TPSA) is 44.5 Å². The lowest BCUT2D eigenvalue weighted by molar-refractivity contribution is 1.28. The number of nitrogens with zero attached hydrogens (tertiary/aromatic N) is 2. The van der Waals surface area contributed by atoms with E-state index in [1.54, 1.807) is 0 Å². The van der Waals surface area contributed by atoms with Crippen molar-refractivity contribution in [1.82, 2.24) is 0 Å². The fourth-order valence-electron chi connectivity index (χ4n) is 7.39. The van der Waals surface area contributed by atoms with Gasteiger partial charge in [0.2, 0.25) is 0 Å². The van der Waals surface area contributed by atoms with E-state index < -0.39 is 0 Å². The van der Waals surface area contributed by atoms with Crippen LogP contribution in [-0.4, -0.2) is 0 Å². The van der Waals surface area contributed by atoms with Crippen molar-refractivity contribution in [3.05, 3.63) is 284 Å². The highest BCUT2D eigenvalue weighted by Gasteiger charge is 2.13. The fraction of sp³-hybridized carbons (Fsp3) is 0. The first kappa shape index (κ1) is 43.5. The van der Waals surface area contributed by atoms with Gasteiger partial charge in [0.05, 0.1) is 0 Å². The minimum absolute atomic E-state index is 0.805. The fourth-order valence-corrected chi connectivity index (χ4v) is 7.78. The number of para-hydroxylation sites is 4. The molecule has 3 N–H and O–H groups in total. The molecule has 10 rings (SSSR count). The van der Waals surface area contributed by atoms with Crippen LogP contribution in [0.2, 0.25) is 0 Å². The second-order valence-electron chi connectivity index (χ2n) is 15.1. The predicted molar refractivity (Wildman–Crippen MR) is 281 cm³/mol. The smallest absolute Gasteiger partial charge is 0.0482 e. The molecule has 65 heavy (non-hydrogen) atoms. The first-order valence-electron chi connectivity index (χ1n) is 21.6. The van der Waals surface area contributed by atoms with Gasteiger partial charge in [0.25, 0.3) is 0 Å². The van der Waals surface area contributed by atoms with Gasteiger partial charge in [0.1, 0.15) is 0 Å². The van der Waals surface area contributed by atoms with Crippen LogP contribution in [0.3, 0.4) is 0 Å². The van der Waals surface area contributed by atoms with Gasteiger partial charge < -0.3 is 20.9 Å². The van der Waals surface area contributed by atoms with E-state index in [2.05, 4.69) is 231 Å². The monoisotopic (exact) mass is 904 g/mol. The van der Waals surface area contributed by atoms with Crippen molar-refractivity contribution >= 4 is 67.1 Å². The lowest BCUT2D eigenvalue weighted by Crippen LogP contribution is -2.09. The molecule has 0 heterocycles. The van der Waals surface area contributed by atoms with Crippen LogP contribution in [0.4, 0.5) is 51.2 Å². The molecule has 4 nitrogen and oxygen atoms in total. The Balaban J connectivity index is 0.000000148. The Morgan fingerprint density at radius 1 is 0.277 bits per heavy atom. The van der Waals surface area contributed by atoms with Crippen LogP contribution in [0.5, 0.6) is 0 Å². The number of benzene rings is 10. The molecule has 0 radical (unpaired) electrons. The summed E-state index contributed by atoms with van der Waals surface area (Å²) in [5, 5.41) is 3.55. The molecule has 0 aliphatic rings. The lowest BCUT2D eigenvalue weighted by Gasteiger charge is -2.26. The number of nitrogen functional groups attached to an aromatic ring is 1. The zero-order valence-electron chi connectivity index (χ0n) is 35.9. The maximum atomic E-state index is 5.60. The summed E-state index contributed by atoms with van der Waals surface area (Å²) >= 11 is 3.55. The lowest BCUT2D eigenvalue weighted by atomic mass is 10.1. The van der Waals surface area contributed by atoms with Crippen molar-refractivity contribution in [2.75, 3.05) is 20.9 Å². The van der Waals surface area contributed by atoms with Crippen molar-refractivity contribution in [2.45, 2.75) is 0 Å². The third kappa shape index (κ3) is 12.1. The molecule has 316 valence electrons. The number of rotatable bonds is 10. The molecule has 0 fully saturated rings. The Morgan fingerprint density at radius 3 is 1.00 bits per heavy atom. The summed E-state index contributed by atoms with van der Waals surface area (Å²) in [6.45, 7) is 0. The van der Waals surface area contributed by atoms with E-state index in [9.17, 15) is 0 Å². The second-order valence-corrected chi connectivity index (χ2v) is 16.0. The SMILES string of the molecule is Brc1cccc(N(c2ccccc2)c2ccccc2)c1.Nc1ccc(-c2ccccc2)cc1.c1ccc(-c2ccc(Nc3cccc(N(c4ccccc4)c4ccccc4)c3)cc2)cc1. The van der Waals surface area contributed by atoms with Crippen molar-refractivity contribution in [3.8, 4) is 22.3 Å². The average Bonchev–Trinajstić information content (AvgIpc) is 3.37. The molecule has 0 saturated heterocycles. The normalized spacial score (nSPS) is 10.3. The standard InChI is InChI=1S/C30H24N2.C18H14BrN.C12H11N/c1-4-11-24(12-5-1)25-19-21-26(22-20-25)31-27-13-10-18-30(23-27)32(28-14-6-2-7-15-28)29-16-8-3-9-17-29;19-15-8-7-13-18(14-15)20(16-9-3-1-4-10-16)17-11-5-2-6-12-17;13-12-8-6-11(7-9-12)10-4-2-1-3-5-10/h1-23,31H;1-14H;1-9H,13H2. The number of nitrogens with one attached hydrogen (secondary N) is 1. The highest BCUT2D eigenvalue weighted by atomic mass is 79.9. The Kier molecular flexibility index (Phi) is 14.9. The van der Waals surface area contributed by atoms with E-state index in [0.717, 1.165) is 55.7 Å². The number of hydrogen-bond acceptors (Lipinski definition) is 4. The van der Waals surface area contributed by atoms with Gasteiger partial charge in [-0.2, -0.15) is 0 Å². The quantitative estimate of drug-likeness (QED) is 0.134. The summed E-state index contributed by atoms with van der Waals surface area (Å²) in [6.07, 6.45) is 0. The molecule has 10 aromatic rings. The van der Waals surface area contributed by atoms with Crippen LogP contribution in [-0.2, 0) is 0 Å². The van der Waals surface area contributed by atoms with E-state index in [1.807, 2.05) is 78.9 Å². The molecule has 0 aliphatic heterocycles. The third-order valence-corrected chi connectivity index (χ3v) is 11.0. The minimum atomic E-state index is 0.805. The molecule has 0 amide bonds. The van der Waals surface area contributed by atoms with Crippen LogP contribution >= 0.6 is 15.9 Å². The van der Waals surface area contributed by atoms with Gasteiger partial charge >= 0.3 is 0 Å². The van der Waals surface area contributed by atoms with Gasteiger partial charge in [0.15, 0.2) is 0 Å². The van der Waals surface area contributed by atoms with Crippen LogP contribution in [0.25, 0.3) is 22.3 Å². The van der Waals surface area contributed by atoms with Gasteiger partial charge in [-0.3, -0.25) is 0 Å². The number of nitrogens with two attached hydrogens (primary N) is 1. The van der Waals surface area contributed by atoms with E-state index in [-0.39, 0.29) is 0 Å². The van der Waals surface area contributed by atoms with Crippen LogP contribution in [0, 0.1) is 0 Å². The molecule has 0 bridgehead atoms. The van der Waals surface area contributed by atoms with Crippen molar-refractivity contribution in [1.29, 1.82) is 0 Å². The van der Waals surface area contributed by atoms with Crippen molar-refractivity contribution in [3.63, 3.8) is 0 Å². The Hall–Kier alpha value is -8.12. The van der Waals surface area contributed by atoms with Gasteiger partial charge in [-0.05, 0) is 131 Å². The Bertz CT molecular complexity index is 2860. The largest absolute Gasteiger partial charge is 0.399 e. The van der Waals surface area contributed by atoms with Crippen LogP contribution < -0.4 is 20.9 Å². The summed E-state index contributed by atoms with van der Waals surface area (Å²) in [4.78, 5) is 4.51. The van der Waals surface area contributed by atoms with E-state index in [1.165, 1.54) is 22.3 Å². The maximum Gasteiger partial charge on any atom is 0.0482 e. The van der Waals surface area contributed by atoms with E-state index in [0.29, 0.717) is 0 Å². The Labute approximate surface area is 391 Å². The number of halogens is 1. The Morgan fingerprint density at radius 2 is 0.600 bits per heavy atom. The summed E-state index contributed by atoms with van der Waals surface area (Å²) in [5.41, 5.74) is 20.2. The molecule has 5 heteroatoms. The zero-order valence-corrected chi connectivity index (χ0v) is 37.5. The molecule has 0 aliphatic carbocycles. The molecule has 0 saturated carbocycles. The maximum absolute atomic E-state index is 5.60. The van der Waals surface area contributed by atoms with Gasteiger partial charge in [0, 0.05) is 55.7 Å². The van der Waals surface area contributed by atoms with Gasteiger partial charge in [-0.25, -0.2) is 0 Å². The predicted octanol–water partition coefficient (Wildman–Crippen LogP) is 17.4. The van der Waals surface area contributed by atoms with Crippen LogP contribution in [0.15, 0.2) is 284 Å².